The van der Waals surface area contributed by atoms with Crippen LogP contribution in [0.1, 0.15) is 39.9 Å². The molecule has 0 unspecified atom stereocenters. The maximum absolute atomic E-state index is 13.1. The van der Waals surface area contributed by atoms with Crippen molar-refractivity contribution in [3.8, 4) is 23.0 Å². The number of phenols is 2. The number of esters is 1. The molecule has 2 aliphatic rings. The fraction of sp³-hybridized carbons (Fsp3) is 0.200. The van der Waals surface area contributed by atoms with Crippen LogP contribution in [0.15, 0.2) is 54.6 Å². The van der Waals surface area contributed by atoms with Gasteiger partial charge < -0.3 is 25.0 Å². The molecule has 3 N–H and O–H groups in total. The summed E-state index contributed by atoms with van der Waals surface area (Å²) >= 11 is 0. The van der Waals surface area contributed by atoms with Gasteiger partial charge in [0.2, 0.25) is 5.91 Å². The second-order valence-electron chi connectivity index (χ2n) is 8.47. The summed E-state index contributed by atoms with van der Waals surface area (Å²) in [5.41, 5.74) is 0.809. The molecule has 3 aromatic carbocycles. The minimum Gasteiger partial charge on any atom is -0.508 e. The van der Waals surface area contributed by atoms with Gasteiger partial charge in [-0.2, -0.15) is 0 Å². The molecule has 186 valence electrons. The Labute approximate surface area is 210 Å². The van der Waals surface area contributed by atoms with Crippen molar-refractivity contribution in [1.29, 1.82) is 0 Å². The van der Waals surface area contributed by atoms with Crippen molar-refractivity contribution in [2.45, 2.75) is 18.4 Å². The number of phenolic OH excluding ortho intramolecular Hbond substituents is 2. The van der Waals surface area contributed by atoms with Crippen LogP contribution in [0.2, 0.25) is 0 Å². The molecule has 11 heteroatoms. The molecule has 0 bridgehead atoms. The van der Waals surface area contributed by atoms with Crippen molar-refractivity contribution in [1.82, 2.24) is 0 Å². The molecule has 0 saturated heterocycles. The normalized spacial score (nSPS) is 14.9. The van der Waals surface area contributed by atoms with Gasteiger partial charge >= 0.3 is 5.97 Å². The van der Waals surface area contributed by atoms with Crippen molar-refractivity contribution < 1.29 is 37.7 Å². The summed E-state index contributed by atoms with van der Waals surface area (Å²) < 4.78 is 34.3. The van der Waals surface area contributed by atoms with Crippen LogP contribution in [-0.2, 0) is 24.0 Å². The van der Waals surface area contributed by atoms with Gasteiger partial charge in [-0.1, -0.05) is 6.07 Å². The van der Waals surface area contributed by atoms with E-state index in [-0.39, 0.29) is 40.9 Å². The summed E-state index contributed by atoms with van der Waals surface area (Å²) in [6.45, 7) is 0. The van der Waals surface area contributed by atoms with Gasteiger partial charge in [0.15, 0.2) is 14.5 Å². The Morgan fingerprint density at radius 2 is 1.58 bits per heavy atom. The highest BCUT2D eigenvalue weighted by atomic mass is 33.1. The third-order valence-electron chi connectivity index (χ3n) is 5.90. The molecule has 0 fully saturated rings. The van der Waals surface area contributed by atoms with Gasteiger partial charge in [-0.15, -0.1) is 0 Å². The van der Waals surface area contributed by atoms with Crippen LogP contribution >= 0.6 is 10.8 Å². The molecule has 0 aliphatic carbocycles. The number of aromatic hydroxyl groups is 2. The Hall–Kier alpha value is -3.70. The minimum atomic E-state index is -3.16. The number of ether oxygens (including phenoxy) is 2. The van der Waals surface area contributed by atoms with Gasteiger partial charge in [-0.05, 0) is 53.6 Å². The minimum absolute atomic E-state index is 0.0370. The van der Waals surface area contributed by atoms with Crippen LogP contribution in [0, 0.1) is 0 Å². The van der Waals surface area contributed by atoms with Crippen LogP contribution in [-0.4, -0.2) is 42.5 Å². The molecule has 2 heterocycles. The third-order valence-corrected chi connectivity index (χ3v) is 8.57. The maximum atomic E-state index is 13.1. The molecule has 1 spiro atoms. The Bertz CT molecular complexity index is 1460. The maximum Gasteiger partial charge on any atom is 0.340 e. The van der Waals surface area contributed by atoms with E-state index in [0.717, 1.165) is 17.0 Å². The first-order chi connectivity index (χ1) is 17.1. The van der Waals surface area contributed by atoms with Gasteiger partial charge in [0.1, 0.15) is 23.0 Å². The molecule has 0 radical (unpaired) electrons. The predicted octanol–water partition coefficient (Wildman–Crippen LogP) is 4.08. The van der Waals surface area contributed by atoms with E-state index in [0.29, 0.717) is 34.6 Å². The molecule has 9 nitrogen and oxygen atoms in total. The van der Waals surface area contributed by atoms with Gasteiger partial charge in [-0.25, -0.2) is 13.2 Å². The number of anilines is 1. The van der Waals surface area contributed by atoms with Crippen molar-refractivity contribution in [2.75, 3.05) is 17.3 Å². The lowest BCUT2D eigenvalue weighted by Gasteiger charge is -2.36. The molecule has 0 aromatic heterocycles. The molecule has 5 rings (SSSR count). The largest absolute Gasteiger partial charge is 0.508 e. The van der Waals surface area contributed by atoms with Crippen LogP contribution in [0.3, 0.4) is 0 Å². The van der Waals surface area contributed by atoms with E-state index in [1.807, 2.05) is 0 Å². The van der Waals surface area contributed by atoms with E-state index in [9.17, 15) is 28.2 Å². The van der Waals surface area contributed by atoms with E-state index in [2.05, 4.69) is 5.32 Å². The van der Waals surface area contributed by atoms with Crippen LogP contribution in [0.5, 0.6) is 23.0 Å². The summed E-state index contributed by atoms with van der Waals surface area (Å²) in [7, 11) is -2.37. The highest BCUT2D eigenvalue weighted by Gasteiger charge is 2.53. The standard InChI is InChI=1S/C25H21NO8S2/c1-36(31,32)35-10-2-3-23(29)26-14-4-7-18-17(11-14)24(30)34-25(18)19-8-5-15(27)12-21(19)33-22-13-16(28)6-9-20(22)25/h4-9,11-13,27-28H,2-3,10H2,1H3,(H,26,29). The number of amides is 1. The van der Waals surface area contributed by atoms with Crippen molar-refractivity contribution in [3.05, 3.63) is 76.9 Å². The quantitative estimate of drug-likeness (QED) is 0.246. The smallest absolute Gasteiger partial charge is 0.340 e. The molecule has 2 aliphatic heterocycles. The third kappa shape index (κ3) is 4.24. The molecular formula is C25H21NO8S2. The lowest BCUT2D eigenvalue weighted by atomic mass is 9.77. The summed E-state index contributed by atoms with van der Waals surface area (Å²) in [6, 6.07) is 13.9. The lowest BCUT2D eigenvalue weighted by Crippen LogP contribution is -2.32. The average Bonchev–Trinajstić information content (AvgIpc) is 3.08. The van der Waals surface area contributed by atoms with Crippen LogP contribution < -0.4 is 10.1 Å². The monoisotopic (exact) mass is 527 g/mol. The zero-order valence-corrected chi connectivity index (χ0v) is 20.6. The number of benzene rings is 3. The molecular weight excluding hydrogens is 506 g/mol. The first kappa shape index (κ1) is 24.0. The topological polar surface area (TPSA) is 139 Å². The fourth-order valence-corrected chi connectivity index (χ4v) is 6.28. The number of carbonyl (C=O) groups is 2. The van der Waals surface area contributed by atoms with E-state index in [1.165, 1.54) is 30.3 Å². The Balaban J connectivity index is 1.48. The number of carbonyl (C=O) groups excluding carboxylic acids is 2. The Morgan fingerprint density at radius 3 is 2.19 bits per heavy atom. The SMILES string of the molecule is CS(=O)(=O)SCCCC(=O)Nc1ccc2c(c1)C(=O)OC21c2ccc(O)cc2Oc2cc(O)ccc21. The van der Waals surface area contributed by atoms with Crippen LogP contribution in [0.25, 0.3) is 0 Å². The molecule has 0 saturated carbocycles. The summed E-state index contributed by atoms with van der Waals surface area (Å²) in [4.78, 5) is 25.5. The number of hydrogen-bond acceptors (Lipinski definition) is 9. The molecule has 1 amide bonds. The number of nitrogens with one attached hydrogen (secondary N) is 1. The summed E-state index contributed by atoms with van der Waals surface area (Å²) in [6.07, 6.45) is 1.63. The second-order valence-corrected chi connectivity index (χ2v) is 13.0. The zero-order valence-electron chi connectivity index (χ0n) is 19.0. The molecule has 3 aromatic rings. The van der Waals surface area contributed by atoms with E-state index in [1.54, 1.807) is 24.3 Å². The zero-order chi connectivity index (χ0) is 25.7. The molecule has 36 heavy (non-hydrogen) atoms. The summed E-state index contributed by atoms with van der Waals surface area (Å²) in [5, 5.41) is 22.7. The van der Waals surface area contributed by atoms with Gasteiger partial charge in [0.05, 0.1) is 5.56 Å². The first-order valence-corrected chi connectivity index (χ1v) is 14.3. The van der Waals surface area contributed by atoms with Crippen molar-refractivity contribution >= 4 is 37.2 Å². The highest BCUT2D eigenvalue weighted by molar-refractivity contribution is 8.71. The van der Waals surface area contributed by atoms with Gasteiger partial charge in [-0.3, -0.25) is 4.79 Å². The van der Waals surface area contributed by atoms with Gasteiger partial charge in [0.25, 0.3) is 0 Å². The van der Waals surface area contributed by atoms with Crippen molar-refractivity contribution in [2.24, 2.45) is 0 Å². The number of hydrogen-bond donors (Lipinski definition) is 3. The lowest BCUT2D eigenvalue weighted by molar-refractivity contribution is -0.116. The summed E-state index contributed by atoms with van der Waals surface area (Å²) in [5.74, 6) is -0.133. The second kappa shape index (κ2) is 8.75. The Morgan fingerprint density at radius 1 is 0.972 bits per heavy atom. The Kier molecular flexibility index (Phi) is 5.84. The first-order valence-electron chi connectivity index (χ1n) is 10.9. The predicted molar refractivity (Wildman–Crippen MR) is 133 cm³/mol. The van der Waals surface area contributed by atoms with E-state index < -0.39 is 20.4 Å². The fourth-order valence-electron chi connectivity index (χ4n) is 4.45. The van der Waals surface area contributed by atoms with E-state index >= 15 is 0 Å². The average molecular weight is 528 g/mol. The number of fused-ring (bicyclic) bond motifs is 6. The van der Waals surface area contributed by atoms with Gasteiger partial charge in [0, 0.05) is 52.9 Å². The molecule has 0 atom stereocenters. The van der Waals surface area contributed by atoms with E-state index in [4.69, 9.17) is 9.47 Å². The number of rotatable bonds is 6. The van der Waals surface area contributed by atoms with Crippen molar-refractivity contribution in [3.63, 3.8) is 0 Å². The van der Waals surface area contributed by atoms with Crippen LogP contribution in [0.4, 0.5) is 5.69 Å². The highest BCUT2D eigenvalue weighted by Crippen LogP contribution is 2.57.